The van der Waals surface area contributed by atoms with E-state index >= 15 is 0 Å². The fourth-order valence-corrected chi connectivity index (χ4v) is 5.42. The highest BCUT2D eigenvalue weighted by atomic mass is 32.1. The molecule has 7 heteroatoms. The van der Waals surface area contributed by atoms with Crippen molar-refractivity contribution in [2.45, 2.75) is 84.9 Å². The molecule has 0 bridgehead atoms. The van der Waals surface area contributed by atoms with Crippen molar-refractivity contribution in [1.29, 1.82) is 0 Å². The maximum Gasteiger partial charge on any atom is 0.253 e. The molecule has 0 aromatic carbocycles. The molecule has 0 saturated carbocycles. The molecule has 1 aliphatic rings. The molecule has 3 aromatic heterocycles. The molecular formula is C27H36N4O2S. The van der Waals surface area contributed by atoms with Gasteiger partial charge in [-0.25, -0.2) is 4.98 Å². The predicted octanol–water partition coefficient (Wildman–Crippen LogP) is 6.55. The lowest BCUT2D eigenvalue weighted by atomic mass is 10.1. The van der Waals surface area contributed by atoms with Crippen LogP contribution >= 0.6 is 11.3 Å². The molecule has 0 spiro atoms. The summed E-state index contributed by atoms with van der Waals surface area (Å²) in [6.07, 6.45) is 8.85. The molecule has 4 heterocycles. The van der Waals surface area contributed by atoms with Crippen LogP contribution in [0.4, 0.5) is 0 Å². The van der Waals surface area contributed by atoms with Gasteiger partial charge in [0.05, 0.1) is 17.0 Å². The summed E-state index contributed by atoms with van der Waals surface area (Å²) >= 11 is 1.62. The van der Waals surface area contributed by atoms with Gasteiger partial charge in [0.2, 0.25) is 0 Å². The number of aryl methyl sites for hydroxylation is 1. The largest absolute Gasteiger partial charge is 0.358 e. The highest BCUT2D eigenvalue weighted by molar-refractivity contribution is 7.13. The smallest absolute Gasteiger partial charge is 0.253 e. The molecule has 1 N–H and O–H groups in total. The Morgan fingerprint density at radius 1 is 1.32 bits per heavy atom. The molecule has 1 fully saturated rings. The van der Waals surface area contributed by atoms with E-state index in [1.807, 2.05) is 25.3 Å². The second kappa shape index (κ2) is 11.3. The summed E-state index contributed by atoms with van der Waals surface area (Å²) < 4.78 is 8.23. The summed E-state index contributed by atoms with van der Waals surface area (Å²) in [6, 6.07) is 6.31. The van der Waals surface area contributed by atoms with Crippen LogP contribution in [0.1, 0.15) is 87.3 Å². The van der Waals surface area contributed by atoms with Crippen LogP contribution in [0.3, 0.4) is 0 Å². The number of hydrogen-bond acceptors (Lipinski definition) is 5. The first-order chi connectivity index (χ1) is 16.5. The fraction of sp³-hybridized carbons (Fsp3) is 0.519. The Morgan fingerprint density at radius 3 is 2.88 bits per heavy atom. The summed E-state index contributed by atoms with van der Waals surface area (Å²) in [5, 5.41) is 6.31. The van der Waals surface area contributed by atoms with Crippen LogP contribution < -0.4 is 5.32 Å². The molecule has 34 heavy (non-hydrogen) atoms. The van der Waals surface area contributed by atoms with Crippen molar-refractivity contribution in [2.75, 3.05) is 6.61 Å². The number of rotatable bonds is 10. The first kappa shape index (κ1) is 24.6. The number of nitrogens with zero attached hydrogens (tertiary/aromatic N) is 3. The number of amides is 1. The Kier molecular flexibility index (Phi) is 8.16. The van der Waals surface area contributed by atoms with E-state index in [1.165, 1.54) is 0 Å². The average molecular weight is 481 g/mol. The van der Waals surface area contributed by atoms with Crippen LogP contribution in [0.2, 0.25) is 0 Å². The standard InChI is InChI=1S/C27H36N4O2S/c1-5-8-10-20(6-2)29-26(32)22-16-24(31(18(22)4)25-11-9-14-33-25)23-17-34-27(30-23)19-12-13-28-21(7-3)15-19/h12-13,15-17,20,25H,5-11,14H2,1-4H3,(H,29,32). The number of pyridine rings is 1. The number of thiazole rings is 1. The third-order valence-corrected chi connectivity index (χ3v) is 7.55. The van der Waals surface area contributed by atoms with E-state index < -0.39 is 0 Å². The van der Waals surface area contributed by atoms with Gasteiger partial charge < -0.3 is 14.6 Å². The van der Waals surface area contributed by atoms with Crippen LogP contribution in [-0.4, -0.2) is 33.1 Å². The first-order valence-corrected chi connectivity index (χ1v) is 13.5. The van der Waals surface area contributed by atoms with Crippen molar-refractivity contribution in [3.05, 3.63) is 46.7 Å². The van der Waals surface area contributed by atoms with Crippen molar-refractivity contribution in [2.24, 2.45) is 0 Å². The van der Waals surface area contributed by atoms with Gasteiger partial charge in [-0.2, -0.15) is 0 Å². The van der Waals surface area contributed by atoms with Gasteiger partial charge in [0.25, 0.3) is 5.91 Å². The van der Waals surface area contributed by atoms with E-state index in [9.17, 15) is 4.79 Å². The summed E-state index contributed by atoms with van der Waals surface area (Å²) in [4.78, 5) is 22.7. The normalized spacial score (nSPS) is 16.6. The molecule has 182 valence electrons. The van der Waals surface area contributed by atoms with Gasteiger partial charge >= 0.3 is 0 Å². The summed E-state index contributed by atoms with van der Waals surface area (Å²) in [6.45, 7) is 9.20. The van der Waals surface area contributed by atoms with Gasteiger partial charge in [-0.1, -0.05) is 33.6 Å². The van der Waals surface area contributed by atoms with Crippen molar-refractivity contribution in [3.8, 4) is 22.0 Å². The minimum atomic E-state index is -0.0589. The maximum absolute atomic E-state index is 13.3. The second-order valence-electron chi connectivity index (χ2n) is 9.01. The third kappa shape index (κ3) is 5.26. The molecule has 6 nitrogen and oxygen atoms in total. The summed E-state index contributed by atoms with van der Waals surface area (Å²) in [5.74, 6) is -0.00405. The van der Waals surface area contributed by atoms with Crippen molar-refractivity contribution >= 4 is 17.2 Å². The molecule has 4 rings (SSSR count). The molecule has 3 aromatic rings. The topological polar surface area (TPSA) is 69.0 Å². The minimum Gasteiger partial charge on any atom is -0.358 e. The lowest BCUT2D eigenvalue weighted by molar-refractivity contribution is 0.0565. The Balaban J connectivity index is 1.68. The summed E-state index contributed by atoms with van der Waals surface area (Å²) in [5.41, 5.74) is 5.62. The number of unbranched alkanes of at least 4 members (excludes halogenated alkanes) is 1. The second-order valence-corrected chi connectivity index (χ2v) is 9.87. The van der Waals surface area contributed by atoms with E-state index in [0.29, 0.717) is 5.56 Å². The van der Waals surface area contributed by atoms with Crippen LogP contribution in [0, 0.1) is 6.92 Å². The number of carbonyl (C=O) groups excluding carboxylic acids is 1. The highest BCUT2D eigenvalue weighted by Gasteiger charge is 2.28. The molecule has 2 unspecified atom stereocenters. The molecular weight excluding hydrogens is 444 g/mol. The van der Waals surface area contributed by atoms with Crippen LogP contribution in [0.25, 0.3) is 22.0 Å². The lowest BCUT2D eigenvalue weighted by Gasteiger charge is -2.19. The van der Waals surface area contributed by atoms with Crippen molar-refractivity contribution < 1.29 is 9.53 Å². The molecule has 0 aliphatic carbocycles. The Labute approximate surface area is 206 Å². The zero-order valence-corrected chi connectivity index (χ0v) is 21.6. The molecule has 2 atom stereocenters. The SMILES string of the molecule is CCCCC(CC)NC(=O)c1cc(-c2csc(-c3ccnc(CC)c3)n2)n(C2CCCO2)c1C. The quantitative estimate of drug-likeness (QED) is 0.357. The fourth-order valence-electron chi connectivity index (χ4n) is 4.60. The van der Waals surface area contributed by atoms with Crippen LogP contribution in [0.5, 0.6) is 0 Å². The number of carbonyl (C=O) groups is 1. The number of aromatic nitrogens is 3. The lowest BCUT2D eigenvalue weighted by Crippen LogP contribution is -2.34. The average Bonchev–Trinajstić information content (AvgIpc) is 3.61. The third-order valence-electron chi connectivity index (χ3n) is 6.66. The Bertz CT molecular complexity index is 1110. The zero-order valence-electron chi connectivity index (χ0n) is 20.8. The molecule has 1 aliphatic heterocycles. The van der Waals surface area contributed by atoms with E-state index in [-0.39, 0.29) is 18.2 Å². The van der Waals surface area contributed by atoms with Gasteiger partial charge in [-0.05, 0) is 57.2 Å². The first-order valence-electron chi connectivity index (χ1n) is 12.6. The monoisotopic (exact) mass is 480 g/mol. The number of ether oxygens (including phenoxy) is 1. The van der Waals surface area contributed by atoms with Crippen LogP contribution in [-0.2, 0) is 11.2 Å². The van der Waals surface area contributed by atoms with Gasteiger partial charge in [-0.3, -0.25) is 9.78 Å². The highest BCUT2D eigenvalue weighted by Crippen LogP contribution is 2.36. The molecule has 1 saturated heterocycles. The van der Waals surface area contributed by atoms with E-state index in [2.05, 4.69) is 47.1 Å². The van der Waals surface area contributed by atoms with Gasteiger partial charge in [0, 0.05) is 41.2 Å². The van der Waals surface area contributed by atoms with Crippen molar-refractivity contribution in [3.63, 3.8) is 0 Å². The van der Waals surface area contributed by atoms with E-state index in [1.54, 1.807) is 11.3 Å². The number of nitrogens with one attached hydrogen (secondary N) is 1. The Morgan fingerprint density at radius 2 is 2.18 bits per heavy atom. The van der Waals surface area contributed by atoms with Gasteiger partial charge in [0.15, 0.2) is 0 Å². The summed E-state index contributed by atoms with van der Waals surface area (Å²) in [7, 11) is 0. The molecule has 1 amide bonds. The van der Waals surface area contributed by atoms with Gasteiger partial charge in [0.1, 0.15) is 11.2 Å². The Hall–Kier alpha value is -2.51. The number of hydrogen-bond donors (Lipinski definition) is 1. The zero-order chi connectivity index (χ0) is 24.1. The van der Waals surface area contributed by atoms with Crippen LogP contribution in [0.15, 0.2) is 29.8 Å². The minimum absolute atomic E-state index is 0.00405. The van der Waals surface area contributed by atoms with Gasteiger partial charge in [-0.15, -0.1) is 11.3 Å². The van der Waals surface area contributed by atoms with Crippen molar-refractivity contribution in [1.82, 2.24) is 19.9 Å². The van der Waals surface area contributed by atoms with E-state index in [0.717, 1.165) is 84.9 Å². The van der Waals surface area contributed by atoms with E-state index in [4.69, 9.17) is 9.72 Å². The predicted molar refractivity (Wildman–Crippen MR) is 138 cm³/mol. The molecule has 0 radical (unpaired) electrons. The maximum atomic E-state index is 13.3.